The van der Waals surface area contributed by atoms with E-state index in [1.165, 1.54) is 16.7 Å². The van der Waals surface area contributed by atoms with Crippen LogP contribution < -0.4 is 5.32 Å². The molecule has 0 fully saturated rings. The van der Waals surface area contributed by atoms with E-state index in [-0.39, 0.29) is 11.9 Å². The second-order valence-corrected chi connectivity index (χ2v) is 5.10. The summed E-state index contributed by atoms with van der Waals surface area (Å²) in [7, 11) is 0. The summed E-state index contributed by atoms with van der Waals surface area (Å²) in [4.78, 5) is 11.4. The van der Waals surface area contributed by atoms with Crippen molar-refractivity contribution in [3.63, 3.8) is 0 Å². The number of aryl methyl sites for hydroxylation is 1. The number of amides is 1. The summed E-state index contributed by atoms with van der Waals surface area (Å²) in [5.41, 5.74) is 4.80. The maximum atomic E-state index is 11.4. The molecule has 0 heterocycles. The van der Waals surface area contributed by atoms with Gasteiger partial charge >= 0.3 is 0 Å². The lowest BCUT2D eigenvalue weighted by molar-refractivity contribution is -0.124. The average Bonchev–Trinajstić information content (AvgIpc) is 2.90. The lowest BCUT2D eigenvalue weighted by atomic mass is 9.99. The Morgan fingerprint density at radius 2 is 1.95 bits per heavy atom. The zero-order chi connectivity index (χ0) is 13.9. The van der Waals surface area contributed by atoms with Crippen LogP contribution in [0.5, 0.6) is 0 Å². The Balaban J connectivity index is 1.92. The fourth-order valence-electron chi connectivity index (χ4n) is 2.80. The normalized spacial score (nSPS) is 16.8. The van der Waals surface area contributed by atoms with E-state index < -0.39 is 6.61 Å². The van der Waals surface area contributed by atoms with Gasteiger partial charge in [0.1, 0.15) is 6.61 Å². The molecule has 20 heavy (non-hydrogen) atoms. The summed E-state index contributed by atoms with van der Waals surface area (Å²) in [6.45, 7) is -0.454. The molecular formula is C17H17NO2. The zero-order valence-corrected chi connectivity index (χ0v) is 11.2. The highest BCUT2D eigenvalue weighted by Crippen LogP contribution is 2.34. The van der Waals surface area contributed by atoms with Crippen molar-refractivity contribution in [1.29, 1.82) is 0 Å². The highest BCUT2D eigenvalue weighted by Gasteiger charge is 2.24. The largest absolute Gasteiger partial charge is 0.387 e. The molecule has 3 heteroatoms. The molecule has 2 aromatic carbocycles. The molecule has 1 aliphatic rings. The molecular weight excluding hydrogens is 250 g/mol. The lowest BCUT2D eigenvalue weighted by Gasteiger charge is -2.14. The smallest absolute Gasteiger partial charge is 0.246 e. The molecule has 1 atom stereocenters. The van der Waals surface area contributed by atoms with Gasteiger partial charge in [-0.2, -0.15) is 0 Å². The van der Waals surface area contributed by atoms with Crippen molar-refractivity contribution >= 4 is 5.91 Å². The lowest BCUT2D eigenvalue weighted by Crippen LogP contribution is -2.29. The molecule has 1 unspecified atom stereocenters. The van der Waals surface area contributed by atoms with E-state index in [9.17, 15) is 4.79 Å². The second kappa shape index (κ2) is 5.47. The molecule has 0 aliphatic heterocycles. The SMILES string of the molecule is O=C(CO)NC1CCc2ccc(-c3ccccc3)cc21. The first-order valence-corrected chi connectivity index (χ1v) is 6.86. The van der Waals surface area contributed by atoms with Crippen molar-refractivity contribution < 1.29 is 9.90 Å². The van der Waals surface area contributed by atoms with Crippen LogP contribution in [0.2, 0.25) is 0 Å². The van der Waals surface area contributed by atoms with Crippen LogP contribution in [0.15, 0.2) is 48.5 Å². The van der Waals surface area contributed by atoms with Crippen molar-refractivity contribution in [2.45, 2.75) is 18.9 Å². The Labute approximate surface area is 118 Å². The third kappa shape index (κ3) is 2.45. The minimum absolute atomic E-state index is 0.0216. The van der Waals surface area contributed by atoms with Crippen LogP contribution in [0, 0.1) is 0 Å². The predicted molar refractivity (Wildman–Crippen MR) is 78.2 cm³/mol. The molecule has 0 saturated heterocycles. The number of rotatable bonds is 3. The van der Waals surface area contributed by atoms with Gasteiger partial charge in [0.25, 0.3) is 0 Å². The monoisotopic (exact) mass is 267 g/mol. The maximum Gasteiger partial charge on any atom is 0.246 e. The van der Waals surface area contributed by atoms with Crippen LogP contribution in [0.3, 0.4) is 0 Å². The van der Waals surface area contributed by atoms with Gasteiger partial charge in [-0.3, -0.25) is 4.79 Å². The summed E-state index contributed by atoms with van der Waals surface area (Å²) in [6, 6.07) is 16.7. The summed E-state index contributed by atoms with van der Waals surface area (Å²) in [6.07, 6.45) is 1.88. The molecule has 3 nitrogen and oxygen atoms in total. The van der Waals surface area contributed by atoms with E-state index in [0.29, 0.717) is 0 Å². The minimum atomic E-state index is -0.454. The molecule has 0 saturated carbocycles. The van der Waals surface area contributed by atoms with Gasteiger partial charge < -0.3 is 10.4 Å². The van der Waals surface area contributed by atoms with E-state index in [0.717, 1.165) is 18.4 Å². The number of hydrogen-bond donors (Lipinski definition) is 2. The van der Waals surface area contributed by atoms with Crippen LogP contribution in [0.1, 0.15) is 23.6 Å². The topological polar surface area (TPSA) is 49.3 Å². The predicted octanol–water partition coefficient (Wildman–Crippen LogP) is 2.45. The van der Waals surface area contributed by atoms with Crippen molar-refractivity contribution in [2.75, 3.05) is 6.61 Å². The van der Waals surface area contributed by atoms with E-state index in [1.54, 1.807) is 0 Å². The number of fused-ring (bicyclic) bond motifs is 1. The van der Waals surface area contributed by atoms with Crippen LogP contribution in [0.25, 0.3) is 11.1 Å². The number of aliphatic hydroxyl groups is 1. The molecule has 1 amide bonds. The molecule has 102 valence electrons. The number of carbonyl (C=O) groups is 1. The molecule has 2 aromatic rings. The molecule has 3 rings (SSSR count). The Kier molecular flexibility index (Phi) is 3.52. The molecule has 2 N–H and O–H groups in total. The molecule has 0 bridgehead atoms. The van der Waals surface area contributed by atoms with E-state index >= 15 is 0 Å². The molecule has 0 aromatic heterocycles. The fourth-order valence-corrected chi connectivity index (χ4v) is 2.80. The Bertz CT molecular complexity index is 622. The first kappa shape index (κ1) is 12.9. The van der Waals surface area contributed by atoms with Crippen molar-refractivity contribution in [1.82, 2.24) is 5.32 Å². The number of benzene rings is 2. The maximum absolute atomic E-state index is 11.4. The van der Waals surface area contributed by atoms with Gasteiger partial charge in [-0.1, -0.05) is 42.5 Å². The number of hydrogen-bond acceptors (Lipinski definition) is 2. The first-order chi connectivity index (χ1) is 9.78. The Morgan fingerprint density at radius 3 is 2.70 bits per heavy atom. The van der Waals surface area contributed by atoms with E-state index in [2.05, 4.69) is 35.6 Å². The van der Waals surface area contributed by atoms with Gasteiger partial charge in [-0.05, 0) is 41.2 Å². The van der Waals surface area contributed by atoms with Crippen molar-refractivity contribution in [2.24, 2.45) is 0 Å². The van der Waals surface area contributed by atoms with Gasteiger partial charge in [-0.25, -0.2) is 0 Å². The van der Waals surface area contributed by atoms with Crippen LogP contribution >= 0.6 is 0 Å². The third-order valence-corrected chi connectivity index (χ3v) is 3.81. The van der Waals surface area contributed by atoms with Crippen LogP contribution in [-0.2, 0) is 11.2 Å². The molecule has 1 aliphatic carbocycles. The minimum Gasteiger partial charge on any atom is -0.387 e. The van der Waals surface area contributed by atoms with E-state index in [1.807, 2.05) is 18.2 Å². The third-order valence-electron chi connectivity index (χ3n) is 3.81. The number of nitrogens with one attached hydrogen (secondary N) is 1. The number of aliphatic hydroxyl groups excluding tert-OH is 1. The van der Waals surface area contributed by atoms with Crippen molar-refractivity contribution in [3.05, 3.63) is 59.7 Å². The molecule has 0 spiro atoms. The molecule has 0 radical (unpaired) electrons. The highest BCUT2D eigenvalue weighted by atomic mass is 16.3. The van der Waals surface area contributed by atoms with Crippen LogP contribution in [-0.4, -0.2) is 17.6 Å². The second-order valence-electron chi connectivity index (χ2n) is 5.10. The van der Waals surface area contributed by atoms with E-state index in [4.69, 9.17) is 5.11 Å². The zero-order valence-electron chi connectivity index (χ0n) is 11.2. The number of carbonyl (C=O) groups excluding carboxylic acids is 1. The van der Waals surface area contributed by atoms with Gasteiger partial charge in [0.15, 0.2) is 0 Å². The van der Waals surface area contributed by atoms with Crippen LogP contribution in [0.4, 0.5) is 0 Å². The van der Waals surface area contributed by atoms with Gasteiger partial charge in [-0.15, -0.1) is 0 Å². The summed E-state index contributed by atoms with van der Waals surface area (Å²) in [5.74, 6) is -0.312. The summed E-state index contributed by atoms with van der Waals surface area (Å²) < 4.78 is 0. The standard InChI is InChI=1S/C17H17NO2/c19-11-17(20)18-16-9-8-13-6-7-14(10-15(13)16)12-4-2-1-3-5-12/h1-7,10,16,19H,8-9,11H2,(H,18,20). The van der Waals surface area contributed by atoms with Gasteiger partial charge in [0, 0.05) is 0 Å². The highest BCUT2D eigenvalue weighted by molar-refractivity contribution is 5.77. The summed E-state index contributed by atoms with van der Waals surface area (Å²) >= 11 is 0. The summed E-state index contributed by atoms with van der Waals surface area (Å²) in [5, 5.41) is 11.7. The Morgan fingerprint density at radius 1 is 1.15 bits per heavy atom. The fraction of sp³-hybridized carbons (Fsp3) is 0.235. The van der Waals surface area contributed by atoms with Crippen molar-refractivity contribution in [3.8, 4) is 11.1 Å². The Hall–Kier alpha value is -2.13. The van der Waals surface area contributed by atoms with Gasteiger partial charge in [0.2, 0.25) is 5.91 Å². The first-order valence-electron chi connectivity index (χ1n) is 6.86. The van der Waals surface area contributed by atoms with Gasteiger partial charge in [0.05, 0.1) is 6.04 Å². The quantitative estimate of drug-likeness (QED) is 0.897. The average molecular weight is 267 g/mol.